The van der Waals surface area contributed by atoms with E-state index in [1.54, 1.807) is 0 Å². The van der Waals surface area contributed by atoms with Gasteiger partial charge in [0, 0.05) is 27.3 Å². The van der Waals surface area contributed by atoms with Gasteiger partial charge in [0.25, 0.3) is 0 Å². The number of hydrogen-bond donors (Lipinski definition) is 0. The van der Waals surface area contributed by atoms with Crippen molar-refractivity contribution in [3.8, 4) is 22.3 Å². The average molecular weight is 782 g/mol. The van der Waals surface area contributed by atoms with E-state index in [4.69, 9.17) is 8.83 Å². The van der Waals surface area contributed by atoms with Gasteiger partial charge in [0.05, 0.1) is 22.2 Å². The summed E-state index contributed by atoms with van der Waals surface area (Å²) in [4.78, 5) is 2.48. The van der Waals surface area contributed by atoms with Gasteiger partial charge in [-0.05, 0) is 110 Å². The van der Waals surface area contributed by atoms with E-state index in [0.717, 1.165) is 60.9 Å². The third kappa shape index (κ3) is 4.58. The van der Waals surface area contributed by atoms with Crippen molar-refractivity contribution in [1.82, 2.24) is 0 Å². The van der Waals surface area contributed by atoms with Crippen LogP contribution in [0, 0.1) is 0 Å². The molecule has 0 saturated carbocycles. The van der Waals surface area contributed by atoms with Gasteiger partial charge in [-0.15, -0.1) is 0 Å². The molecule has 288 valence electrons. The Hall–Kier alpha value is -7.62. The average Bonchev–Trinajstić information content (AvgIpc) is 4.03. The first-order valence-corrected chi connectivity index (χ1v) is 21.2. The lowest BCUT2D eigenvalue weighted by molar-refractivity contribution is 0.660. The quantitative estimate of drug-likeness (QED) is 0.174. The van der Waals surface area contributed by atoms with Crippen LogP contribution < -0.4 is 4.90 Å². The molecular formula is C58H39NO2. The van der Waals surface area contributed by atoms with Crippen molar-refractivity contribution in [3.05, 3.63) is 234 Å². The number of para-hydroxylation sites is 1. The smallest absolute Gasteiger partial charge is 0.137 e. The Bertz CT molecular complexity index is 3540. The fourth-order valence-corrected chi connectivity index (χ4v) is 11.2. The number of benzene rings is 9. The largest absolute Gasteiger partial charge is 0.456 e. The number of nitrogens with zero attached hydrogens (tertiary/aromatic N) is 1. The van der Waals surface area contributed by atoms with Crippen molar-refractivity contribution in [2.45, 2.75) is 24.7 Å². The molecule has 0 N–H and O–H groups in total. The van der Waals surface area contributed by atoms with Gasteiger partial charge in [0.1, 0.15) is 22.3 Å². The number of furan rings is 2. The Labute approximate surface area is 353 Å². The second-order valence-electron chi connectivity index (χ2n) is 17.2. The number of anilines is 3. The molecular weight excluding hydrogens is 743 g/mol. The van der Waals surface area contributed by atoms with Crippen LogP contribution in [0.1, 0.15) is 47.2 Å². The number of fused-ring (bicyclic) bond motifs is 12. The van der Waals surface area contributed by atoms with Crippen LogP contribution in [0.15, 0.2) is 209 Å². The lowest BCUT2D eigenvalue weighted by Crippen LogP contribution is -2.28. The van der Waals surface area contributed by atoms with Crippen molar-refractivity contribution in [1.29, 1.82) is 0 Å². The summed E-state index contributed by atoms with van der Waals surface area (Å²) in [6, 6.07) is 73.0. The highest BCUT2D eigenvalue weighted by Crippen LogP contribution is 2.58. The fourth-order valence-electron chi connectivity index (χ4n) is 11.2. The van der Waals surface area contributed by atoms with Gasteiger partial charge >= 0.3 is 0 Å². The van der Waals surface area contributed by atoms with Gasteiger partial charge < -0.3 is 13.7 Å². The maximum atomic E-state index is 6.87. The summed E-state index contributed by atoms with van der Waals surface area (Å²) in [6.45, 7) is 4.74. The van der Waals surface area contributed by atoms with Gasteiger partial charge in [-0.3, -0.25) is 0 Å². The second-order valence-corrected chi connectivity index (χ2v) is 17.2. The zero-order valence-electron chi connectivity index (χ0n) is 33.8. The predicted octanol–water partition coefficient (Wildman–Crippen LogP) is 15.6. The molecule has 0 amide bonds. The van der Waals surface area contributed by atoms with Crippen molar-refractivity contribution in [2.24, 2.45) is 0 Å². The molecule has 61 heavy (non-hydrogen) atoms. The highest BCUT2D eigenvalue weighted by Gasteiger charge is 2.46. The Morgan fingerprint density at radius 3 is 1.72 bits per heavy atom. The van der Waals surface area contributed by atoms with Crippen LogP contribution in [0.25, 0.3) is 66.1 Å². The molecule has 3 heteroatoms. The van der Waals surface area contributed by atoms with Crippen LogP contribution in [-0.2, 0) is 10.8 Å². The zero-order valence-corrected chi connectivity index (χ0v) is 33.8. The van der Waals surface area contributed by atoms with Gasteiger partial charge in [0.15, 0.2) is 0 Å². The molecule has 2 aromatic heterocycles. The molecule has 0 aliphatic heterocycles. The van der Waals surface area contributed by atoms with Gasteiger partial charge in [0.2, 0.25) is 0 Å². The maximum Gasteiger partial charge on any atom is 0.137 e. The summed E-state index contributed by atoms with van der Waals surface area (Å²) < 4.78 is 13.3. The first-order chi connectivity index (χ1) is 30.0. The van der Waals surface area contributed by atoms with Crippen LogP contribution >= 0.6 is 0 Å². The minimum Gasteiger partial charge on any atom is -0.456 e. The Morgan fingerprint density at radius 1 is 0.377 bits per heavy atom. The van der Waals surface area contributed by atoms with Crippen molar-refractivity contribution >= 4 is 60.9 Å². The second kappa shape index (κ2) is 12.5. The zero-order chi connectivity index (χ0) is 40.5. The van der Waals surface area contributed by atoms with E-state index in [1.807, 2.05) is 6.07 Å². The van der Waals surface area contributed by atoms with Crippen LogP contribution in [0.3, 0.4) is 0 Å². The highest BCUT2D eigenvalue weighted by atomic mass is 16.3. The molecule has 3 nitrogen and oxygen atoms in total. The molecule has 2 aliphatic carbocycles. The van der Waals surface area contributed by atoms with Crippen LogP contribution in [0.5, 0.6) is 0 Å². The number of rotatable bonds is 5. The fraction of sp³-hybridized carbons (Fsp3) is 0.0690. The summed E-state index contributed by atoms with van der Waals surface area (Å²) in [5, 5.41) is 4.34. The number of hydrogen-bond acceptors (Lipinski definition) is 3. The molecule has 2 aliphatic rings. The summed E-state index contributed by atoms with van der Waals surface area (Å²) in [5.74, 6) is 0. The van der Waals surface area contributed by atoms with E-state index in [2.05, 4.69) is 213 Å². The normalized spacial score (nSPS) is 14.3. The molecule has 13 rings (SSSR count). The Morgan fingerprint density at radius 2 is 0.934 bits per heavy atom. The lowest BCUT2D eigenvalue weighted by atomic mass is 9.67. The van der Waals surface area contributed by atoms with Crippen molar-refractivity contribution in [3.63, 3.8) is 0 Å². The molecule has 0 saturated heterocycles. The third-order valence-electron chi connectivity index (χ3n) is 13.7. The minimum atomic E-state index is -0.537. The highest BCUT2D eigenvalue weighted by molar-refractivity contribution is 6.15. The van der Waals surface area contributed by atoms with E-state index in [0.29, 0.717) is 0 Å². The predicted molar refractivity (Wildman–Crippen MR) is 251 cm³/mol. The molecule has 0 radical (unpaired) electrons. The van der Waals surface area contributed by atoms with E-state index in [1.165, 1.54) is 55.6 Å². The summed E-state index contributed by atoms with van der Waals surface area (Å²) >= 11 is 0. The van der Waals surface area contributed by atoms with Gasteiger partial charge in [-0.1, -0.05) is 159 Å². The molecule has 0 unspecified atom stereocenters. The maximum absolute atomic E-state index is 6.87. The van der Waals surface area contributed by atoms with Crippen molar-refractivity contribution < 1.29 is 8.83 Å². The molecule has 2 heterocycles. The Balaban J connectivity index is 1.12. The topological polar surface area (TPSA) is 29.5 Å². The minimum absolute atomic E-state index is 0.252. The molecule has 11 aromatic rings. The van der Waals surface area contributed by atoms with E-state index in [-0.39, 0.29) is 5.41 Å². The SMILES string of the molecule is CC1(C)c2ccccc2-c2cccc(N(c3ccc4oc5ccccc5c4c3)c3cccc4oc5ccc(C6(c7ccccc7)c7ccccc7-c7ccccc76)cc5c34)c21. The van der Waals surface area contributed by atoms with Gasteiger partial charge in [-0.2, -0.15) is 0 Å². The molecule has 0 spiro atoms. The molecule has 0 atom stereocenters. The summed E-state index contributed by atoms with van der Waals surface area (Å²) in [6.07, 6.45) is 0. The molecule has 0 bridgehead atoms. The first-order valence-electron chi connectivity index (χ1n) is 21.2. The van der Waals surface area contributed by atoms with Crippen LogP contribution in [0.4, 0.5) is 17.1 Å². The van der Waals surface area contributed by atoms with Crippen LogP contribution in [-0.4, -0.2) is 0 Å². The summed E-state index contributed by atoms with van der Waals surface area (Å²) in [5.41, 5.74) is 18.7. The van der Waals surface area contributed by atoms with Crippen molar-refractivity contribution in [2.75, 3.05) is 4.90 Å². The standard InChI is InChI=1S/C58H39NO2/c1-57(2)46-23-10-6-20-41(46)43-22-14-27-50(56(43)57)59(38-31-33-52-44(35-38)42-21-9-13-28-51(42)60-52)49-26-15-29-54-55(49)45-34-37(30-32-53(45)61-54)58(36-16-4-3-5-17-36)47-24-11-7-18-39(47)40-19-8-12-25-48(40)58/h3-35H,1-2H3. The molecule has 9 aromatic carbocycles. The van der Waals surface area contributed by atoms with E-state index >= 15 is 0 Å². The first kappa shape index (κ1) is 34.3. The van der Waals surface area contributed by atoms with Crippen LogP contribution in [0.2, 0.25) is 0 Å². The molecule has 0 fully saturated rings. The van der Waals surface area contributed by atoms with E-state index in [9.17, 15) is 0 Å². The third-order valence-corrected chi connectivity index (χ3v) is 13.7. The lowest BCUT2D eigenvalue weighted by Gasteiger charge is -2.34. The van der Waals surface area contributed by atoms with Gasteiger partial charge in [-0.25, -0.2) is 0 Å². The summed E-state index contributed by atoms with van der Waals surface area (Å²) in [7, 11) is 0. The monoisotopic (exact) mass is 781 g/mol. The van der Waals surface area contributed by atoms with E-state index < -0.39 is 5.41 Å². The Kier molecular flexibility index (Phi) is 6.99.